The van der Waals surface area contributed by atoms with Crippen LogP contribution in [0.3, 0.4) is 0 Å². The van der Waals surface area contributed by atoms with Crippen molar-refractivity contribution in [3.8, 4) is 5.75 Å². The molecule has 144 valence electrons. The number of carbonyl (C=O) groups excluding carboxylic acids is 1. The predicted molar refractivity (Wildman–Crippen MR) is 110 cm³/mol. The highest BCUT2D eigenvalue weighted by Gasteiger charge is 2.37. The molecular formula is C21H21N3O3S. The smallest absolute Gasteiger partial charge is 0.257 e. The van der Waals surface area contributed by atoms with Gasteiger partial charge < -0.3 is 15.0 Å². The Balaban J connectivity index is 1.91. The molecule has 4 rings (SSSR count). The number of nitrogens with one attached hydrogen (secondary N) is 2. The molecule has 1 aliphatic heterocycles. The Morgan fingerprint density at radius 2 is 2.21 bits per heavy atom. The zero-order valence-electron chi connectivity index (χ0n) is 15.6. The Morgan fingerprint density at radius 1 is 1.36 bits per heavy atom. The van der Waals surface area contributed by atoms with E-state index in [1.165, 1.54) is 11.8 Å². The van der Waals surface area contributed by atoms with Crippen LogP contribution < -0.4 is 15.6 Å². The molecule has 1 atom stereocenters. The normalized spacial score (nSPS) is 18.2. The first-order chi connectivity index (χ1) is 13.6. The van der Waals surface area contributed by atoms with Gasteiger partial charge in [-0.05, 0) is 30.5 Å². The van der Waals surface area contributed by atoms with Gasteiger partial charge in [-0.25, -0.2) is 4.98 Å². The maximum atomic E-state index is 13.0. The molecule has 2 N–H and O–H groups in total. The van der Waals surface area contributed by atoms with Gasteiger partial charge >= 0.3 is 0 Å². The van der Waals surface area contributed by atoms with Crippen LogP contribution >= 0.6 is 11.8 Å². The summed E-state index contributed by atoms with van der Waals surface area (Å²) in [6.07, 6.45) is 3.82. The molecule has 0 saturated carbocycles. The SMILES string of the molecule is C=CCSc1nc2c(c(=O)[nH]1)C(c1cccc(OC)c1)C1=C(CCCC1=O)N2. The number of thioether (sulfide) groups is 1. The number of nitrogens with zero attached hydrogens (tertiary/aromatic N) is 1. The first-order valence-corrected chi connectivity index (χ1v) is 10.2. The van der Waals surface area contributed by atoms with Crippen molar-refractivity contribution in [3.63, 3.8) is 0 Å². The average molecular weight is 395 g/mol. The van der Waals surface area contributed by atoms with Crippen LogP contribution in [0.4, 0.5) is 5.82 Å². The van der Waals surface area contributed by atoms with Gasteiger partial charge in [0.1, 0.15) is 11.6 Å². The molecule has 0 fully saturated rings. The fraction of sp³-hybridized carbons (Fsp3) is 0.286. The zero-order valence-corrected chi connectivity index (χ0v) is 16.4. The van der Waals surface area contributed by atoms with E-state index in [0.29, 0.717) is 40.0 Å². The molecule has 2 heterocycles. The molecule has 1 unspecified atom stereocenters. The fourth-order valence-electron chi connectivity index (χ4n) is 3.80. The van der Waals surface area contributed by atoms with Crippen LogP contribution in [0.15, 0.2) is 58.1 Å². The van der Waals surface area contributed by atoms with Crippen LogP contribution in [0.1, 0.15) is 36.3 Å². The number of Topliss-reactive ketones (excluding diaryl/α,β-unsaturated/α-hetero) is 1. The Labute approximate surface area is 167 Å². The largest absolute Gasteiger partial charge is 0.497 e. The lowest BCUT2D eigenvalue weighted by molar-refractivity contribution is -0.116. The predicted octanol–water partition coefficient (Wildman–Crippen LogP) is 3.62. The van der Waals surface area contributed by atoms with Gasteiger partial charge in [-0.1, -0.05) is 30.0 Å². The minimum atomic E-state index is -0.455. The Morgan fingerprint density at radius 3 is 3.00 bits per heavy atom. The van der Waals surface area contributed by atoms with E-state index in [4.69, 9.17) is 4.74 Å². The molecule has 0 spiro atoms. The molecule has 1 aliphatic carbocycles. The number of fused-ring (bicyclic) bond motifs is 1. The summed E-state index contributed by atoms with van der Waals surface area (Å²) in [5.41, 5.74) is 2.63. The molecule has 28 heavy (non-hydrogen) atoms. The van der Waals surface area contributed by atoms with Crippen molar-refractivity contribution in [1.82, 2.24) is 9.97 Å². The monoisotopic (exact) mass is 395 g/mol. The summed E-state index contributed by atoms with van der Waals surface area (Å²) in [7, 11) is 1.60. The number of anilines is 1. The molecule has 1 aromatic carbocycles. The summed E-state index contributed by atoms with van der Waals surface area (Å²) < 4.78 is 5.36. The summed E-state index contributed by atoms with van der Waals surface area (Å²) in [6, 6.07) is 7.53. The van der Waals surface area contributed by atoms with Gasteiger partial charge in [0.25, 0.3) is 5.56 Å². The lowest BCUT2D eigenvalue weighted by Gasteiger charge is -2.32. The maximum absolute atomic E-state index is 13.0. The topological polar surface area (TPSA) is 84.1 Å². The third-order valence-electron chi connectivity index (χ3n) is 5.00. The molecule has 1 aromatic heterocycles. The fourth-order valence-corrected chi connectivity index (χ4v) is 4.40. The molecule has 0 saturated heterocycles. The summed E-state index contributed by atoms with van der Waals surface area (Å²) in [4.78, 5) is 33.3. The van der Waals surface area contributed by atoms with E-state index in [1.807, 2.05) is 24.3 Å². The Bertz CT molecular complexity index is 1040. The van der Waals surface area contributed by atoms with Crippen molar-refractivity contribution in [3.05, 3.63) is 69.7 Å². The zero-order chi connectivity index (χ0) is 19.7. The van der Waals surface area contributed by atoms with Crippen molar-refractivity contribution in [2.75, 3.05) is 18.2 Å². The van der Waals surface area contributed by atoms with Crippen molar-refractivity contribution in [2.24, 2.45) is 0 Å². The lowest BCUT2D eigenvalue weighted by Crippen LogP contribution is -2.32. The van der Waals surface area contributed by atoms with Gasteiger partial charge in [0, 0.05) is 29.4 Å². The van der Waals surface area contributed by atoms with E-state index >= 15 is 0 Å². The highest BCUT2D eigenvalue weighted by Crippen LogP contribution is 2.43. The number of benzene rings is 1. The number of ketones is 1. The summed E-state index contributed by atoms with van der Waals surface area (Å²) in [5, 5.41) is 3.81. The van der Waals surface area contributed by atoms with E-state index in [0.717, 1.165) is 24.1 Å². The highest BCUT2D eigenvalue weighted by molar-refractivity contribution is 7.99. The maximum Gasteiger partial charge on any atom is 0.257 e. The van der Waals surface area contributed by atoms with Gasteiger partial charge in [-0.15, -0.1) is 6.58 Å². The van der Waals surface area contributed by atoms with E-state index < -0.39 is 5.92 Å². The van der Waals surface area contributed by atoms with Crippen molar-refractivity contribution >= 4 is 23.4 Å². The molecule has 0 radical (unpaired) electrons. The number of allylic oxidation sites excluding steroid dienone is 2. The van der Waals surface area contributed by atoms with Crippen LogP contribution in [-0.2, 0) is 4.79 Å². The van der Waals surface area contributed by atoms with E-state index in [-0.39, 0.29) is 11.3 Å². The van der Waals surface area contributed by atoms with Gasteiger partial charge in [-0.2, -0.15) is 0 Å². The number of rotatable bonds is 5. The first kappa shape index (κ1) is 18.6. The summed E-state index contributed by atoms with van der Waals surface area (Å²) >= 11 is 1.41. The number of hydrogen-bond acceptors (Lipinski definition) is 6. The van der Waals surface area contributed by atoms with E-state index in [1.54, 1.807) is 13.2 Å². The third-order valence-corrected chi connectivity index (χ3v) is 5.87. The third kappa shape index (κ3) is 3.26. The Hall–Kier alpha value is -2.80. The number of aromatic amines is 1. The number of aromatic nitrogens is 2. The number of H-pyrrole nitrogens is 1. The second kappa shape index (κ2) is 7.67. The van der Waals surface area contributed by atoms with Gasteiger partial charge in [0.15, 0.2) is 10.9 Å². The molecule has 7 heteroatoms. The standard InChI is InChI=1S/C21H21N3O3S/c1-3-10-28-21-23-19-18(20(26)24-21)16(12-6-4-7-13(11-12)27-2)17-14(22-19)8-5-9-15(17)25/h3-4,6-7,11,16H,1,5,8-10H2,2H3,(H2,22,23,24,26). The first-order valence-electron chi connectivity index (χ1n) is 9.17. The molecule has 2 aromatic rings. The second-order valence-electron chi connectivity index (χ2n) is 6.74. The van der Waals surface area contributed by atoms with Crippen molar-refractivity contribution in [1.29, 1.82) is 0 Å². The number of hydrogen-bond donors (Lipinski definition) is 2. The quantitative estimate of drug-likeness (QED) is 0.457. The van der Waals surface area contributed by atoms with Gasteiger partial charge in [0.05, 0.1) is 12.7 Å². The minimum absolute atomic E-state index is 0.0803. The van der Waals surface area contributed by atoms with Crippen molar-refractivity contribution < 1.29 is 9.53 Å². The molecule has 0 bridgehead atoms. The van der Waals surface area contributed by atoms with Crippen LogP contribution in [-0.4, -0.2) is 28.6 Å². The van der Waals surface area contributed by atoms with Gasteiger partial charge in [0.2, 0.25) is 0 Å². The van der Waals surface area contributed by atoms with E-state index in [2.05, 4.69) is 21.9 Å². The molecular weight excluding hydrogens is 374 g/mol. The molecule has 6 nitrogen and oxygen atoms in total. The van der Waals surface area contributed by atoms with E-state index in [9.17, 15) is 9.59 Å². The molecule has 0 amide bonds. The number of ether oxygens (including phenoxy) is 1. The van der Waals surface area contributed by atoms with Crippen LogP contribution in [0.2, 0.25) is 0 Å². The lowest BCUT2D eigenvalue weighted by atomic mass is 9.76. The number of carbonyl (C=O) groups is 1. The minimum Gasteiger partial charge on any atom is -0.497 e. The number of methoxy groups -OCH3 is 1. The van der Waals surface area contributed by atoms with Crippen molar-refractivity contribution in [2.45, 2.75) is 30.3 Å². The average Bonchev–Trinajstić information content (AvgIpc) is 2.71. The summed E-state index contributed by atoms with van der Waals surface area (Å²) in [5.74, 6) is 1.48. The highest BCUT2D eigenvalue weighted by atomic mass is 32.2. The molecule has 2 aliphatic rings. The van der Waals surface area contributed by atoms with Crippen LogP contribution in [0.5, 0.6) is 5.75 Å². The van der Waals surface area contributed by atoms with Crippen LogP contribution in [0, 0.1) is 0 Å². The van der Waals surface area contributed by atoms with Crippen LogP contribution in [0.25, 0.3) is 0 Å². The van der Waals surface area contributed by atoms with Gasteiger partial charge in [-0.3, -0.25) is 9.59 Å². The Kier molecular flexibility index (Phi) is 5.09. The second-order valence-corrected chi connectivity index (χ2v) is 7.75. The summed E-state index contributed by atoms with van der Waals surface area (Å²) in [6.45, 7) is 3.70.